The first-order valence-electron chi connectivity index (χ1n) is 9.63. The highest BCUT2D eigenvalue weighted by atomic mass is 28.4. The van der Waals surface area contributed by atoms with Crippen LogP contribution in [0.2, 0.25) is 0 Å². The second kappa shape index (κ2) is 12.9. The van der Waals surface area contributed by atoms with Gasteiger partial charge in [0.2, 0.25) is 0 Å². The predicted molar refractivity (Wildman–Crippen MR) is 122 cm³/mol. The Morgan fingerprint density at radius 2 is 1.03 bits per heavy atom. The van der Waals surface area contributed by atoms with Crippen LogP contribution in [0, 0.1) is 0 Å². The molecule has 8 nitrogen and oxygen atoms in total. The summed E-state index contributed by atoms with van der Waals surface area (Å²) in [6, 6.07) is 14.5. The maximum absolute atomic E-state index is 9.23. The van der Waals surface area contributed by atoms with Gasteiger partial charge in [0, 0.05) is 48.7 Å². The van der Waals surface area contributed by atoms with Crippen molar-refractivity contribution in [1.82, 2.24) is 0 Å². The van der Waals surface area contributed by atoms with E-state index in [1.807, 2.05) is 31.2 Å². The summed E-state index contributed by atoms with van der Waals surface area (Å²) >= 11 is 0. The molecule has 0 radical (unpaired) electrons. The Bertz CT molecular complexity index is 730. The fraction of sp³-hybridized carbons (Fsp3) is 0.429. The second-order valence-corrected chi connectivity index (χ2v) is 12.9. The van der Waals surface area contributed by atoms with Gasteiger partial charge in [-0.1, -0.05) is 31.2 Å². The molecule has 31 heavy (non-hydrogen) atoms. The highest BCUT2D eigenvalue weighted by Crippen LogP contribution is 2.29. The van der Waals surface area contributed by atoms with E-state index in [-0.39, 0.29) is 17.0 Å². The maximum Gasteiger partial charge on any atom is 0.507 e. The van der Waals surface area contributed by atoms with Crippen molar-refractivity contribution in [2.45, 2.75) is 18.5 Å². The van der Waals surface area contributed by atoms with E-state index >= 15 is 0 Å². The summed E-state index contributed by atoms with van der Waals surface area (Å²) < 4.78 is 32.2. The lowest BCUT2D eigenvalue weighted by Crippen LogP contribution is -2.48. The van der Waals surface area contributed by atoms with Crippen molar-refractivity contribution in [3.05, 3.63) is 59.7 Å². The molecule has 0 aromatic heterocycles. The van der Waals surface area contributed by atoms with Crippen molar-refractivity contribution in [1.29, 1.82) is 0 Å². The molecule has 0 aliphatic heterocycles. The van der Waals surface area contributed by atoms with Gasteiger partial charge in [-0.3, -0.25) is 0 Å². The number of aromatic hydroxyl groups is 2. The summed E-state index contributed by atoms with van der Waals surface area (Å²) in [6.07, 6.45) is 0. The Hall–Kier alpha value is -1.77. The van der Waals surface area contributed by atoms with Gasteiger partial charge >= 0.3 is 17.6 Å². The maximum atomic E-state index is 9.23. The van der Waals surface area contributed by atoms with Crippen LogP contribution >= 0.6 is 0 Å². The number of hydrogen-bond acceptors (Lipinski definition) is 8. The van der Waals surface area contributed by atoms with Crippen LogP contribution in [0.15, 0.2) is 48.5 Å². The largest absolute Gasteiger partial charge is 0.508 e. The van der Waals surface area contributed by atoms with Crippen molar-refractivity contribution in [3.8, 4) is 11.5 Å². The lowest BCUT2D eigenvalue weighted by molar-refractivity contribution is 0.114. The number of phenols is 2. The Balaban J connectivity index is 0.000000311. The molecule has 1 unspecified atom stereocenters. The molecule has 1 atom stereocenters. The third-order valence-corrected chi connectivity index (χ3v) is 10.9. The van der Waals surface area contributed by atoms with Crippen LogP contribution in [-0.4, -0.2) is 70.5 Å². The van der Waals surface area contributed by atoms with Gasteiger partial charge < -0.3 is 36.8 Å². The zero-order chi connectivity index (χ0) is 23.5. The SMILES string of the molecule is CO[Si](Cc1ccc(O)cc1)(OC)OC.CO[Si](OC)(OC)C(C)c1ccc(O)cc1. The molecule has 0 heterocycles. The van der Waals surface area contributed by atoms with Crippen LogP contribution in [0.4, 0.5) is 0 Å². The van der Waals surface area contributed by atoms with Crippen molar-refractivity contribution in [2.24, 2.45) is 0 Å². The number of benzene rings is 2. The molecule has 0 saturated carbocycles. The fourth-order valence-electron chi connectivity index (χ4n) is 3.08. The van der Waals surface area contributed by atoms with Gasteiger partial charge in [-0.15, -0.1) is 0 Å². The van der Waals surface area contributed by atoms with E-state index in [0.717, 1.165) is 11.1 Å². The molecule has 2 aromatic rings. The summed E-state index contributed by atoms with van der Waals surface area (Å²) in [7, 11) is 4.31. The molecule has 0 fully saturated rings. The molecule has 0 spiro atoms. The average molecular weight is 471 g/mol. The third kappa shape index (κ3) is 7.40. The van der Waals surface area contributed by atoms with E-state index in [2.05, 4.69) is 0 Å². The van der Waals surface area contributed by atoms with Crippen LogP contribution in [0.3, 0.4) is 0 Å². The van der Waals surface area contributed by atoms with Gasteiger partial charge in [-0.05, 0) is 35.4 Å². The van der Waals surface area contributed by atoms with E-state index in [4.69, 9.17) is 31.7 Å². The van der Waals surface area contributed by atoms with Gasteiger partial charge in [0.25, 0.3) is 0 Å². The lowest BCUT2D eigenvalue weighted by Gasteiger charge is -2.30. The Labute approximate surface area is 187 Å². The molecule has 0 saturated heterocycles. The van der Waals surface area contributed by atoms with Crippen molar-refractivity contribution >= 4 is 17.6 Å². The summed E-state index contributed by atoms with van der Waals surface area (Å²) in [5.74, 6) is 0.494. The third-order valence-electron chi connectivity index (χ3n) is 5.07. The minimum Gasteiger partial charge on any atom is -0.508 e. The molecule has 0 aliphatic carbocycles. The van der Waals surface area contributed by atoms with Gasteiger partial charge in [0.1, 0.15) is 11.5 Å². The molecule has 2 aromatic carbocycles. The zero-order valence-corrected chi connectivity index (χ0v) is 21.2. The molecule has 0 aliphatic rings. The summed E-state index contributed by atoms with van der Waals surface area (Å²) in [5, 5.41) is 18.4. The highest BCUT2D eigenvalue weighted by Gasteiger charge is 2.45. The number of hydrogen-bond donors (Lipinski definition) is 2. The van der Waals surface area contributed by atoms with Crippen LogP contribution in [-0.2, 0) is 32.6 Å². The summed E-state index contributed by atoms with van der Waals surface area (Å²) in [5.41, 5.74) is 2.06. The molecule has 174 valence electrons. The monoisotopic (exact) mass is 470 g/mol. The van der Waals surface area contributed by atoms with Crippen LogP contribution < -0.4 is 0 Å². The second-order valence-electron chi connectivity index (χ2n) is 6.67. The van der Waals surface area contributed by atoms with Crippen LogP contribution in [0.25, 0.3) is 0 Å². The first-order valence-corrected chi connectivity index (χ1v) is 13.4. The van der Waals surface area contributed by atoms with Gasteiger partial charge in [-0.25, -0.2) is 0 Å². The Morgan fingerprint density at radius 1 is 0.645 bits per heavy atom. The quantitative estimate of drug-likeness (QED) is 0.511. The lowest BCUT2D eigenvalue weighted by atomic mass is 10.1. The molecular formula is C21H34O8Si2. The minimum absolute atomic E-state index is 0.0214. The van der Waals surface area contributed by atoms with E-state index in [9.17, 15) is 5.11 Å². The van der Waals surface area contributed by atoms with Crippen molar-refractivity contribution in [2.75, 3.05) is 42.7 Å². The van der Waals surface area contributed by atoms with Crippen LogP contribution in [0.5, 0.6) is 11.5 Å². The van der Waals surface area contributed by atoms with E-state index in [1.54, 1.807) is 66.9 Å². The van der Waals surface area contributed by atoms with Gasteiger partial charge in [0.05, 0.1) is 5.54 Å². The zero-order valence-electron chi connectivity index (χ0n) is 19.2. The van der Waals surface area contributed by atoms with Gasteiger partial charge in [-0.2, -0.15) is 0 Å². The molecule has 2 N–H and O–H groups in total. The molecule has 10 heteroatoms. The minimum atomic E-state index is -2.66. The molecule has 0 bridgehead atoms. The van der Waals surface area contributed by atoms with E-state index in [0.29, 0.717) is 6.04 Å². The van der Waals surface area contributed by atoms with E-state index in [1.165, 1.54) is 0 Å². The fourth-order valence-corrected chi connectivity index (χ4v) is 6.91. The molecule has 0 amide bonds. The van der Waals surface area contributed by atoms with Crippen molar-refractivity contribution in [3.63, 3.8) is 0 Å². The molecular weight excluding hydrogens is 436 g/mol. The van der Waals surface area contributed by atoms with Crippen molar-refractivity contribution < 1.29 is 36.8 Å². The molecule has 2 rings (SSSR count). The number of rotatable bonds is 10. The van der Waals surface area contributed by atoms with Gasteiger partial charge in [0.15, 0.2) is 0 Å². The Kier molecular flexibility index (Phi) is 11.4. The normalized spacial score (nSPS) is 12.7. The average Bonchev–Trinajstić information content (AvgIpc) is 2.81. The number of phenolic OH excluding ortho intramolecular Hbond substituents is 2. The van der Waals surface area contributed by atoms with Crippen LogP contribution in [0.1, 0.15) is 23.6 Å². The first-order chi connectivity index (χ1) is 14.7. The first kappa shape index (κ1) is 27.3. The standard InChI is InChI=1S/C11H18O4Si.C10H16O4Si/c1-9(16(13-2,14-3)15-4)10-5-7-11(12)8-6-10;1-12-15(13-2,14-3)8-9-4-6-10(11)7-5-9/h5-9,12H,1-4H3;4-7,11H,8H2,1-3H3. The highest BCUT2D eigenvalue weighted by molar-refractivity contribution is 6.62. The smallest absolute Gasteiger partial charge is 0.507 e. The van der Waals surface area contributed by atoms with E-state index < -0.39 is 17.6 Å². The summed E-state index contributed by atoms with van der Waals surface area (Å²) in [6.45, 7) is 2.00. The Morgan fingerprint density at radius 3 is 1.39 bits per heavy atom. The predicted octanol–water partition coefficient (Wildman–Crippen LogP) is 3.27. The summed E-state index contributed by atoms with van der Waals surface area (Å²) in [4.78, 5) is 0. The topological polar surface area (TPSA) is 95.8 Å².